The standard InChI is InChI=1S/C25H25F3N2O2/c1-32-25(7-2-8-25)13-21(31)29-18-9-15(10-18)22-19-11-17(27)12-20(28)24(19)30-23(22)14-3-5-16(26)6-4-14/h3-6,11-12,15,18,30H,2,7-10,13H2,1H3,(H,29,31). The summed E-state index contributed by atoms with van der Waals surface area (Å²) < 4.78 is 47.5. The molecule has 0 saturated heterocycles. The van der Waals surface area contributed by atoms with Gasteiger partial charge in [0.25, 0.3) is 0 Å². The number of hydrogen-bond donors (Lipinski definition) is 2. The highest BCUT2D eigenvalue weighted by Crippen LogP contribution is 2.46. The summed E-state index contributed by atoms with van der Waals surface area (Å²) in [7, 11) is 1.65. The normalized spacial score (nSPS) is 21.8. The van der Waals surface area contributed by atoms with Crippen LogP contribution in [0.2, 0.25) is 0 Å². The van der Waals surface area contributed by atoms with Gasteiger partial charge in [-0.25, -0.2) is 13.2 Å². The Labute approximate surface area is 184 Å². The lowest BCUT2D eigenvalue weighted by atomic mass is 9.73. The number of aromatic amines is 1. The van der Waals surface area contributed by atoms with Gasteiger partial charge < -0.3 is 15.0 Å². The zero-order valence-electron chi connectivity index (χ0n) is 17.8. The number of hydrogen-bond acceptors (Lipinski definition) is 2. The molecule has 2 aliphatic rings. The lowest BCUT2D eigenvalue weighted by Crippen LogP contribution is -2.48. The van der Waals surface area contributed by atoms with Gasteiger partial charge in [-0.3, -0.25) is 4.79 Å². The van der Waals surface area contributed by atoms with Crippen LogP contribution in [0.4, 0.5) is 13.2 Å². The van der Waals surface area contributed by atoms with Gasteiger partial charge in [0.1, 0.15) is 17.5 Å². The van der Waals surface area contributed by atoms with Gasteiger partial charge in [-0.05, 0) is 79.5 Å². The van der Waals surface area contributed by atoms with Crippen molar-refractivity contribution in [3.63, 3.8) is 0 Å². The number of aromatic nitrogens is 1. The van der Waals surface area contributed by atoms with E-state index in [1.54, 1.807) is 19.2 Å². The van der Waals surface area contributed by atoms with Crippen LogP contribution in [-0.4, -0.2) is 29.6 Å². The zero-order valence-corrected chi connectivity index (χ0v) is 17.8. The molecule has 5 rings (SSSR count). The van der Waals surface area contributed by atoms with Gasteiger partial charge in [0.05, 0.1) is 23.2 Å². The van der Waals surface area contributed by atoms with Gasteiger partial charge in [-0.2, -0.15) is 0 Å². The number of fused-ring (bicyclic) bond motifs is 1. The van der Waals surface area contributed by atoms with Crippen molar-refractivity contribution in [3.8, 4) is 11.3 Å². The molecule has 2 aliphatic carbocycles. The van der Waals surface area contributed by atoms with E-state index in [1.165, 1.54) is 18.2 Å². The van der Waals surface area contributed by atoms with Gasteiger partial charge >= 0.3 is 0 Å². The minimum atomic E-state index is -0.663. The van der Waals surface area contributed by atoms with Gasteiger partial charge in [-0.15, -0.1) is 0 Å². The molecule has 2 fully saturated rings. The third-order valence-electron chi connectivity index (χ3n) is 7.09. The maximum Gasteiger partial charge on any atom is 0.223 e. The van der Waals surface area contributed by atoms with E-state index in [-0.39, 0.29) is 34.8 Å². The average Bonchev–Trinajstić information content (AvgIpc) is 3.07. The number of halogens is 3. The Morgan fingerprint density at radius 3 is 2.47 bits per heavy atom. The molecular formula is C25H25F3N2O2. The average molecular weight is 442 g/mol. The highest BCUT2D eigenvalue weighted by atomic mass is 19.1. The van der Waals surface area contributed by atoms with E-state index in [4.69, 9.17) is 4.74 Å². The molecule has 0 aliphatic heterocycles. The van der Waals surface area contributed by atoms with E-state index in [9.17, 15) is 18.0 Å². The lowest BCUT2D eigenvalue weighted by molar-refractivity contribution is -0.135. The van der Waals surface area contributed by atoms with Crippen molar-refractivity contribution in [2.24, 2.45) is 0 Å². The lowest BCUT2D eigenvalue weighted by Gasteiger charge is -2.41. The molecule has 0 bridgehead atoms. The van der Waals surface area contributed by atoms with Crippen molar-refractivity contribution in [2.75, 3.05) is 7.11 Å². The van der Waals surface area contributed by atoms with Crippen LogP contribution >= 0.6 is 0 Å². The van der Waals surface area contributed by atoms with Crippen molar-refractivity contribution in [2.45, 2.75) is 56.1 Å². The first-order chi connectivity index (χ1) is 15.4. The maximum absolute atomic E-state index is 14.5. The van der Waals surface area contributed by atoms with Crippen LogP contribution in [0, 0.1) is 17.5 Å². The molecule has 4 nitrogen and oxygen atoms in total. The second-order valence-corrected chi connectivity index (χ2v) is 9.08. The first-order valence-electron chi connectivity index (χ1n) is 11.0. The SMILES string of the molecule is COC1(CC(=O)NC2CC(c3c(-c4ccc(F)cc4)[nH]c4c(F)cc(F)cc34)C2)CCC1. The Balaban J connectivity index is 1.39. The van der Waals surface area contributed by atoms with Crippen LogP contribution in [0.1, 0.15) is 50.0 Å². The van der Waals surface area contributed by atoms with E-state index < -0.39 is 11.6 Å². The van der Waals surface area contributed by atoms with Gasteiger partial charge in [0, 0.05) is 24.6 Å². The molecule has 0 unspecified atom stereocenters. The number of H-pyrrole nitrogens is 1. The maximum atomic E-state index is 14.5. The molecule has 1 heterocycles. The van der Waals surface area contributed by atoms with E-state index in [2.05, 4.69) is 10.3 Å². The van der Waals surface area contributed by atoms with Gasteiger partial charge in [-0.1, -0.05) is 0 Å². The Morgan fingerprint density at radius 1 is 1.12 bits per heavy atom. The minimum Gasteiger partial charge on any atom is -0.378 e. The van der Waals surface area contributed by atoms with Crippen LogP contribution < -0.4 is 5.32 Å². The highest BCUT2D eigenvalue weighted by Gasteiger charge is 2.41. The number of carbonyl (C=O) groups is 1. The van der Waals surface area contributed by atoms with E-state index >= 15 is 0 Å². The predicted octanol–water partition coefficient (Wildman–Crippen LogP) is 5.57. The largest absolute Gasteiger partial charge is 0.378 e. The molecule has 2 aromatic carbocycles. The summed E-state index contributed by atoms with van der Waals surface area (Å²) in [6.07, 6.45) is 4.58. The second-order valence-electron chi connectivity index (χ2n) is 9.08. The molecule has 168 valence electrons. The molecule has 0 spiro atoms. The fourth-order valence-corrected chi connectivity index (χ4v) is 5.08. The van der Waals surface area contributed by atoms with Gasteiger partial charge in [0.2, 0.25) is 5.91 Å². The fourth-order valence-electron chi connectivity index (χ4n) is 5.08. The van der Waals surface area contributed by atoms with Crippen LogP contribution in [-0.2, 0) is 9.53 Å². The van der Waals surface area contributed by atoms with Crippen molar-refractivity contribution >= 4 is 16.8 Å². The van der Waals surface area contributed by atoms with Crippen LogP contribution in [0.15, 0.2) is 36.4 Å². The Bertz CT molecular complexity index is 1160. The highest BCUT2D eigenvalue weighted by molar-refractivity contribution is 5.92. The fraction of sp³-hybridized carbons (Fsp3) is 0.400. The summed E-state index contributed by atoms with van der Waals surface area (Å²) in [6, 6.07) is 8.13. The number of methoxy groups -OCH3 is 1. The molecule has 1 aromatic heterocycles. The third-order valence-corrected chi connectivity index (χ3v) is 7.09. The molecular weight excluding hydrogens is 417 g/mol. The molecule has 0 atom stereocenters. The number of carbonyl (C=O) groups excluding carboxylic acids is 1. The third kappa shape index (κ3) is 3.68. The van der Waals surface area contributed by atoms with Crippen molar-refractivity contribution in [3.05, 3.63) is 59.4 Å². The molecule has 0 radical (unpaired) electrons. The minimum absolute atomic E-state index is 0.00547. The molecule has 7 heteroatoms. The Kier molecular flexibility index (Phi) is 5.24. The van der Waals surface area contributed by atoms with Crippen LogP contribution in [0.25, 0.3) is 22.2 Å². The molecule has 2 N–H and O–H groups in total. The number of nitrogens with one attached hydrogen (secondary N) is 2. The Hall–Kier alpha value is -2.80. The molecule has 3 aromatic rings. The monoisotopic (exact) mass is 442 g/mol. The number of ether oxygens (including phenoxy) is 1. The van der Waals surface area contributed by atoms with Crippen molar-refractivity contribution in [1.82, 2.24) is 10.3 Å². The number of amides is 1. The quantitative estimate of drug-likeness (QED) is 0.524. The summed E-state index contributed by atoms with van der Waals surface area (Å²) in [4.78, 5) is 15.6. The first kappa shape index (κ1) is 21.1. The zero-order chi connectivity index (χ0) is 22.5. The molecule has 32 heavy (non-hydrogen) atoms. The van der Waals surface area contributed by atoms with Crippen molar-refractivity contribution in [1.29, 1.82) is 0 Å². The van der Waals surface area contributed by atoms with Gasteiger partial charge in [0.15, 0.2) is 0 Å². The smallest absolute Gasteiger partial charge is 0.223 e. The summed E-state index contributed by atoms with van der Waals surface area (Å²) in [5.74, 6) is -1.67. The molecule has 2 saturated carbocycles. The summed E-state index contributed by atoms with van der Waals surface area (Å²) in [6.45, 7) is 0. The summed E-state index contributed by atoms with van der Waals surface area (Å²) in [5, 5.41) is 3.57. The summed E-state index contributed by atoms with van der Waals surface area (Å²) in [5.41, 5.74) is 2.08. The van der Waals surface area contributed by atoms with E-state index in [0.717, 1.165) is 30.9 Å². The predicted molar refractivity (Wildman–Crippen MR) is 116 cm³/mol. The Morgan fingerprint density at radius 2 is 1.84 bits per heavy atom. The van der Waals surface area contributed by atoms with Crippen LogP contribution in [0.5, 0.6) is 0 Å². The number of benzene rings is 2. The topological polar surface area (TPSA) is 54.1 Å². The van der Waals surface area contributed by atoms with E-state index in [1.807, 2.05) is 0 Å². The number of rotatable bonds is 6. The summed E-state index contributed by atoms with van der Waals surface area (Å²) >= 11 is 0. The van der Waals surface area contributed by atoms with E-state index in [0.29, 0.717) is 35.9 Å². The molecule has 1 amide bonds. The first-order valence-corrected chi connectivity index (χ1v) is 11.0. The van der Waals surface area contributed by atoms with Crippen LogP contribution in [0.3, 0.4) is 0 Å². The second kappa shape index (κ2) is 7.96. The van der Waals surface area contributed by atoms with Crippen molar-refractivity contribution < 1.29 is 22.7 Å².